The van der Waals surface area contributed by atoms with E-state index in [4.69, 9.17) is 9.47 Å². The van der Waals surface area contributed by atoms with Gasteiger partial charge in [-0.05, 0) is 25.7 Å². The fourth-order valence-electron chi connectivity index (χ4n) is 7.08. The predicted octanol–water partition coefficient (Wildman–Crippen LogP) is 11.4. The van der Waals surface area contributed by atoms with E-state index in [0.29, 0.717) is 38.9 Å². The van der Waals surface area contributed by atoms with Gasteiger partial charge in [-0.15, -0.1) is 0 Å². The Labute approximate surface area is 319 Å². The third kappa shape index (κ3) is 29.3. The van der Waals surface area contributed by atoms with E-state index in [1.807, 2.05) is 0 Å². The van der Waals surface area contributed by atoms with Crippen LogP contribution in [0.5, 0.6) is 0 Å². The van der Waals surface area contributed by atoms with Crippen molar-refractivity contribution < 1.29 is 28.7 Å². The molecule has 2 saturated heterocycles. The van der Waals surface area contributed by atoms with E-state index in [1.54, 1.807) is 0 Å². The average Bonchev–Trinajstić information content (AvgIpc) is 3.79. The number of amides is 2. The van der Waals surface area contributed by atoms with Crippen molar-refractivity contribution in [3.63, 3.8) is 0 Å². The largest absolute Gasteiger partial charge is 0.464 e. The number of hydrogen-bond acceptors (Lipinski definition) is 6. The fourth-order valence-corrected chi connectivity index (χ4v) is 7.08. The lowest BCUT2D eigenvalue weighted by Gasteiger charge is -2.09. The molecule has 2 aliphatic heterocycles. The molecular weight excluding hydrogens is 652 g/mol. The van der Waals surface area contributed by atoms with Crippen LogP contribution in [0.25, 0.3) is 0 Å². The summed E-state index contributed by atoms with van der Waals surface area (Å²) in [7, 11) is 0. The van der Waals surface area contributed by atoms with Gasteiger partial charge in [-0.1, -0.05) is 194 Å². The molecule has 2 heterocycles. The SMILES string of the molecule is CCCCCCCCCCCCCCCCCCOC(=O)[C@@H]1CCC(=O)N1.CCCCCCCCCCCCCCCCOC(=O)[C@@H]1CCC(=O)N1. The van der Waals surface area contributed by atoms with Crippen LogP contribution in [0.3, 0.4) is 0 Å². The molecule has 0 aliphatic carbocycles. The van der Waals surface area contributed by atoms with Crippen LogP contribution in [0, 0.1) is 0 Å². The highest BCUT2D eigenvalue weighted by Crippen LogP contribution is 2.16. The van der Waals surface area contributed by atoms with E-state index >= 15 is 0 Å². The Hall–Kier alpha value is -2.12. The lowest BCUT2D eigenvalue weighted by Crippen LogP contribution is -2.34. The van der Waals surface area contributed by atoms with E-state index in [0.717, 1.165) is 25.7 Å². The maximum absolute atomic E-state index is 11.7. The van der Waals surface area contributed by atoms with Crippen LogP contribution in [-0.4, -0.2) is 49.1 Å². The second kappa shape index (κ2) is 35.9. The molecule has 0 aromatic heterocycles. The Kier molecular flexibility index (Phi) is 33.1. The van der Waals surface area contributed by atoms with Gasteiger partial charge in [-0.2, -0.15) is 0 Å². The minimum Gasteiger partial charge on any atom is -0.464 e. The monoisotopic (exact) mass is 735 g/mol. The van der Waals surface area contributed by atoms with Crippen LogP contribution >= 0.6 is 0 Å². The number of nitrogens with one attached hydrogen (secondary N) is 2. The molecule has 8 nitrogen and oxygen atoms in total. The summed E-state index contributed by atoms with van der Waals surface area (Å²) in [6.45, 7) is 5.52. The van der Waals surface area contributed by atoms with Crippen LogP contribution in [0.15, 0.2) is 0 Å². The van der Waals surface area contributed by atoms with Crippen molar-refractivity contribution in [1.82, 2.24) is 10.6 Å². The van der Waals surface area contributed by atoms with Crippen LogP contribution in [-0.2, 0) is 28.7 Å². The minimum atomic E-state index is -0.404. The van der Waals surface area contributed by atoms with Crippen LogP contribution in [0.4, 0.5) is 0 Å². The summed E-state index contributed by atoms with van der Waals surface area (Å²) in [5.41, 5.74) is 0. The molecule has 0 spiro atoms. The number of carbonyl (C=O) groups excluding carboxylic acids is 4. The topological polar surface area (TPSA) is 111 Å². The Balaban J connectivity index is 0.000000522. The van der Waals surface area contributed by atoms with Gasteiger partial charge in [-0.25, -0.2) is 9.59 Å². The number of esters is 2. The summed E-state index contributed by atoms with van der Waals surface area (Å²) in [4.78, 5) is 45.5. The lowest BCUT2D eigenvalue weighted by atomic mass is 10.0. The number of rotatable bonds is 34. The van der Waals surface area contributed by atoms with Crippen LogP contribution in [0.2, 0.25) is 0 Å². The first kappa shape index (κ1) is 47.9. The van der Waals surface area contributed by atoms with E-state index in [1.165, 1.54) is 167 Å². The van der Waals surface area contributed by atoms with Crippen molar-refractivity contribution >= 4 is 23.8 Å². The third-order valence-electron chi connectivity index (χ3n) is 10.5. The van der Waals surface area contributed by atoms with Crippen molar-refractivity contribution in [3.05, 3.63) is 0 Å². The zero-order chi connectivity index (χ0) is 37.7. The number of unbranched alkanes of at least 4 members (excludes halogenated alkanes) is 28. The van der Waals surface area contributed by atoms with Crippen molar-refractivity contribution in [1.29, 1.82) is 0 Å². The van der Waals surface area contributed by atoms with Gasteiger partial charge >= 0.3 is 11.9 Å². The Morgan fingerprint density at radius 2 is 0.654 bits per heavy atom. The van der Waals surface area contributed by atoms with Crippen LogP contribution in [0.1, 0.15) is 232 Å². The van der Waals surface area contributed by atoms with Crippen LogP contribution < -0.4 is 10.6 Å². The molecule has 2 rings (SSSR count). The second-order valence-electron chi connectivity index (χ2n) is 15.6. The Morgan fingerprint density at radius 1 is 0.423 bits per heavy atom. The smallest absolute Gasteiger partial charge is 0.328 e. The normalized spacial score (nSPS) is 16.7. The van der Waals surface area contributed by atoms with E-state index in [-0.39, 0.29) is 23.8 Å². The highest BCUT2D eigenvalue weighted by atomic mass is 16.5. The highest BCUT2D eigenvalue weighted by molar-refractivity contribution is 5.88. The lowest BCUT2D eigenvalue weighted by molar-refractivity contribution is -0.147. The van der Waals surface area contributed by atoms with E-state index in [9.17, 15) is 19.2 Å². The van der Waals surface area contributed by atoms with E-state index in [2.05, 4.69) is 24.5 Å². The maximum atomic E-state index is 11.7. The van der Waals surface area contributed by atoms with Gasteiger partial charge in [-0.3, -0.25) is 9.59 Å². The summed E-state index contributed by atoms with van der Waals surface area (Å²) >= 11 is 0. The number of carbonyl (C=O) groups is 4. The summed E-state index contributed by atoms with van der Waals surface area (Å²) in [5.74, 6) is -0.611. The molecule has 0 aromatic rings. The van der Waals surface area contributed by atoms with Gasteiger partial charge in [0.2, 0.25) is 11.8 Å². The molecule has 0 unspecified atom stereocenters. The molecule has 2 aliphatic rings. The first-order valence-corrected chi connectivity index (χ1v) is 22.4. The van der Waals surface area contributed by atoms with Gasteiger partial charge in [0, 0.05) is 12.8 Å². The first-order chi connectivity index (χ1) is 25.5. The molecule has 0 aromatic carbocycles. The van der Waals surface area contributed by atoms with Gasteiger partial charge in [0.25, 0.3) is 0 Å². The molecule has 2 atom stereocenters. The minimum absolute atomic E-state index is 0.0423. The van der Waals surface area contributed by atoms with Crippen molar-refractivity contribution in [2.24, 2.45) is 0 Å². The summed E-state index contributed by atoms with van der Waals surface area (Å²) in [6.07, 6.45) is 41.9. The quantitative estimate of drug-likeness (QED) is 0.0503. The Morgan fingerprint density at radius 3 is 0.865 bits per heavy atom. The standard InChI is InChI=1S/C23H43NO3.C21H39NO3/c1-2-3-4-5-6-7-8-9-10-11-12-13-14-15-16-17-20-27-23(26)21-18-19-22(25)24-21;1-2-3-4-5-6-7-8-9-10-11-12-13-14-15-18-25-21(24)19-16-17-20(23)22-19/h21H,2-20H2,1H3,(H,24,25);19H,2-18H2,1H3,(H,22,23)/t21-;19-/m00/s1. The molecule has 2 N–H and O–H groups in total. The number of ether oxygens (including phenoxy) is 2. The van der Waals surface area contributed by atoms with Gasteiger partial charge < -0.3 is 20.1 Å². The zero-order valence-electron chi connectivity index (χ0n) is 34.1. The Bertz CT molecular complexity index is 881. The average molecular weight is 735 g/mol. The number of hydrogen-bond donors (Lipinski definition) is 2. The molecule has 0 bridgehead atoms. The second-order valence-corrected chi connectivity index (χ2v) is 15.6. The molecule has 2 amide bonds. The zero-order valence-corrected chi connectivity index (χ0v) is 34.1. The molecule has 8 heteroatoms. The first-order valence-electron chi connectivity index (χ1n) is 22.4. The van der Waals surface area contributed by atoms with Crippen molar-refractivity contribution in [3.8, 4) is 0 Å². The van der Waals surface area contributed by atoms with Gasteiger partial charge in [0.1, 0.15) is 12.1 Å². The predicted molar refractivity (Wildman–Crippen MR) is 214 cm³/mol. The third-order valence-corrected chi connectivity index (χ3v) is 10.5. The summed E-state index contributed by atoms with van der Waals surface area (Å²) < 4.78 is 10.5. The van der Waals surface area contributed by atoms with E-state index < -0.39 is 12.1 Å². The molecular formula is C44H82N2O6. The highest BCUT2D eigenvalue weighted by Gasteiger charge is 2.29. The molecule has 304 valence electrons. The van der Waals surface area contributed by atoms with Crippen molar-refractivity contribution in [2.45, 2.75) is 244 Å². The molecule has 52 heavy (non-hydrogen) atoms. The fraction of sp³-hybridized carbons (Fsp3) is 0.909. The molecule has 0 saturated carbocycles. The van der Waals surface area contributed by atoms with Gasteiger partial charge in [0.05, 0.1) is 13.2 Å². The molecule has 0 radical (unpaired) electrons. The summed E-state index contributed by atoms with van der Waals surface area (Å²) in [6, 6.07) is -0.808. The molecule has 2 fully saturated rings. The maximum Gasteiger partial charge on any atom is 0.328 e. The van der Waals surface area contributed by atoms with Crippen molar-refractivity contribution in [2.75, 3.05) is 13.2 Å². The summed E-state index contributed by atoms with van der Waals surface area (Å²) in [5, 5.41) is 5.29. The van der Waals surface area contributed by atoms with Gasteiger partial charge in [0.15, 0.2) is 0 Å².